The van der Waals surface area contributed by atoms with Crippen LogP contribution in [0.15, 0.2) is 48.8 Å². The number of imide groups is 1. The Hall–Kier alpha value is -4.08. The first-order valence-corrected chi connectivity index (χ1v) is 9.34. The summed E-state index contributed by atoms with van der Waals surface area (Å²) in [6.07, 6.45) is 3.44. The summed E-state index contributed by atoms with van der Waals surface area (Å²) in [6, 6.07) is 10.1. The number of anilines is 1. The Labute approximate surface area is 171 Å². The average Bonchev–Trinajstić information content (AvgIpc) is 3.35. The van der Waals surface area contributed by atoms with Gasteiger partial charge >= 0.3 is 0 Å². The van der Waals surface area contributed by atoms with E-state index in [9.17, 15) is 14.4 Å². The highest BCUT2D eigenvalue weighted by atomic mass is 16.2. The van der Waals surface area contributed by atoms with Crippen LogP contribution in [0.1, 0.15) is 26.5 Å². The van der Waals surface area contributed by atoms with Crippen LogP contribution in [0.2, 0.25) is 0 Å². The molecule has 3 heterocycles. The van der Waals surface area contributed by atoms with Crippen LogP contribution in [0, 0.1) is 6.92 Å². The van der Waals surface area contributed by atoms with E-state index in [-0.39, 0.29) is 6.54 Å². The molecule has 1 aliphatic heterocycles. The van der Waals surface area contributed by atoms with E-state index in [1.165, 1.54) is 0 Å². The smallest absolute Gasteiger partial charge is 0.262 e. The third kappa shape index (κ3) is 3.88. The summed E-state index contributed by atoms with van der Waals surface area (Å²) in [6.45, 7) is 2.16. The maximum atomic E-state index is 12.3. The van der Waals surface area contributed by atoms with E-state index in [4.69, 9.17) is 0 Å². The first-order valence-electron chi connectivity index (χ1n) is 9.34. The summed E-state index contributed by atoms with van der Waals surface area (Å²) in [4.78, 5) is 46.4. The SMILES string of the molecule is Cc1nc(NCCNC(=O)CN2C(=O)c3ccccc3C2=O)cc(-n2cccn2)n1. The van der Waals surface area contributed by atoms with Gasteiger partial charge in [-0.25, -0.2) is 14.6 Å². The van der Waals surface area contributed by atoms with Crippen molar-refractivity contribution in [3.63, 3.8) is 0 Å². The molecule has 10 heteroatoms. The van der Waals surface area contributed by atoms with E-state index in [0.29, 0.717) is 41.7 Å². The number of carbonyl (C=O) groups is 3. The number of aryl methyl sites for hydroxylation is 1. The van der Waals surface area contributed by atoms with Gasteiger partial charge in [-0.2, -0.15) is 5.10 Å². The van der Waals surface area contributed by atoms with Crippen LogP contribution < -0.4 is 10.6 Å². The van der Waals surface area contributed by atoms with E-state index in [2.05, 4.69) is 25.7 Å². The van der Waals surface area contributed by atoms with E-state index in [0.717, 1.165) is 4.90 Å². The standard InChI is InChI=1S/C20H19N7O3/c1-13-24-16(11-17(25-13)27-10-4-7-23-27)21-8-9-22-18(28)12-26-19(29)14-5-2-3-6-15(14)20(26)30/h2-7,10-11H,8-9,12H2,1H3,(H,22,28)(H,21,24,25). The molecule has 2 N–H and O–H groups in total. The molecule has 3 aromatic rings. The van der Waals surface area contributed by atoms with Crippen molar-refractivity contribution < 1.29 is 14.4 Å². The zero-order valence-electron chi connectivity index (χ0n) is 16.2. The molecule has 0 unspecified atom stereocenters. The van der Waals surface area contributed by atoms with Gasteiger partial charge in [-0.05, 0) is 25.1 Å². The van der Waals surface area contributed by atoms with Gasteiger partial charge in [-0.15, -0.1) is 0 Å². The topological polar surface area (TPSA) is 122 Å². The van der Waals surface area contributed by atoms with E-state index in [1.54, 1.807) is 60.4 Å². The molecular formula is C20H19N7O3. The van der Waals surface area contributed by atoms with Crippen LogP contribution >= 0.6 is 0 Å². The first kappa shape index (κ1) is 19.2. The number of benzene rings is 1. The monoisotopic (exact) mass is 405 g/mol. The fourth-order valence-corrected chi connectivity index (χ4v) is 3.14. The minimum absolute atomic E-state index is 0.294. The fraction of sp³-hybridized carbons (Fsp3) is 0.200. The van der Waals surface area contributed by atoms with Crippen molar-refractivity contribution >= 4 is 23.5 Å². The number of carbonyl (C=O) groups excluding carboxylic acids is 3. The molecule has 0 bridgehead atoms. The van der Waals surface area contributed by atoms with Crippen molar-refractivity contribution in [3.05, 3.63) is 65.7 Å². The van der Waals surface area contributed by atoms with E-state index >= 15 is 0 Å². The summed E-state index contributed by atoms with van der Waals surface area (Å²) in [7, 11) is 0. The number of aromatic nitrogens is 4. The summed E-state index contributed by atoms with van der Waals surface area (Å²) < 4.78 is 1.63. The average molecular weight is 405 g/mol. The minimum atomic E-state index is -0.452. The van der Waals surface area contributed by atoms with Crippen molar-refractivity contribution in [1.29, 1.82) is 0 Å². The highest BCUT2D eigenvalue weighted by Crippen LogP contribution is 2.21. The second kappa shape index (κ2) is 8.11. The Balaban J connectivity index is 1.28. The van der Waals surface area contributed by atoms with Crippen molar-refractivity contribution in [1.82, 2.24) is 30.0 Å². The lowest BCUT2D eigenvalue weighted by atomic mass is 10.1. The molecule has 3 amide bonds. The van der Waals surface area contributed by atoms with Crippen LogP contribution in [-0.4, -0.2) is 62.0 Å². The molecule has 152 valence electrons. The third-order valence-corrected chi connectivity index (χ3v) is 4.50. The van der Waals surface area contributed by atoms with Gasteiger partial charge in [0.2, 0.25) is 5.91 Å². The number of rotatable bonds is 7. The molecule has 2 aromatic heterocycles. The molecule has 0 radical (unpaired) electrons. The van der Waals surface area contributed by atoms with Gasteiger partial charge in [-0.3, -0.25) is 19.3 Å². The minimum Gasteiger partial charge on any atom is -0.368 e. The van der Waals surface area contributed by atoms with Gasteiger partial charge in [0.05, 0.1) is 11.1 Å². The molecule has 0 atom stereocenters. The molecule has 0 saturated carbocycles. The molecule has 30 heavy (non-hydrogen) atoms. The van der Waals surface area contributed by atoms with Gasteiger partial charge in [0.15, 0.2) is 5.82 Å². The lowest BCUT2D eigenvalue weighted by Gasteiger charge is -2.14. The number of nitrogens with one attached hydrogen (secondary N) is 2. The van der Waals surface area contributed by atoms with Gasteiger partial charge in [-0.1, -0.05) is 12.1 Å². The Morgan fingerprint density at radius 3 is 2.43 bits per heavy atom. The molecule has 4 rings (SSSR count). The normalized spacial score (nSPS) is 12.8. The number of hydrogen-bond acceptors (Lipinski definition) is 7. The maximum Gasteiger partial charge on any atom is 0.262 e. The predicted molar refractivity (Wildman–Crippen MR) is 107 cm³/mol. The van der Waals surface area contributed by atoms with Crippen LogP contribution in [0.5, 0.6) is 0 Å². The molecule has 0 aliphatic carbocycles. The maximum absolute atomic E-state index is 12.3. The van der Waals surface area contributed by atoms with Crippen molar-refractivity contribution in [2.24, 2.45) is 0 Å². The summed E-state index contributed by atoms with van der Waals surface area (Å²) in [5.74, 6) is 0.493. The molecule has 0 spiro atoms. The van der Waals surface area contributed by atoms with Gasteiger partial charge in [0.25, 0.3) is 11.8 Å². The van der Waals surface area contributed by atoms with Gasteiger partial charge in [0, 0.05) is 31.5 Å². The molecule has 1 aromatic carbocycles. The lowest BCUT2D eigenvalue weighted by Crippen LogP contribution is -2.41. The zero-order chi connectivity index (χ0) is 21.1. The largest absolute Gasteiger partial charge is 0.368 e. The highest BCUT2D eigenvalue weighted by Gasteiger charge is 2.36. The Morgan fingerprint density at radius 2 is 1.77 bits per heavy atom. The summed E-state index contributed by atoms with van der Waals surface area (Å²) in [5.41, 5.74) is 0.646. The molecule has 0 saturated heterocycles. The number of fused-ring (bicyclic) bond motifs is 1. The Kier molecular flexibility index (Phi) is 5.21. The zero-order valence-corrected chi connectivity index (χ0v) is 16.2. The third-order valence-electron chi connectivity index (χ3n) is 4.50. The first-order chi connectivity index (χ1) is 14.5. The number of hydrogen-bond donors (Lipinski definition) is 2. The fourth-order valence-electron chi connectivity index (χ4n) is 3.14. The summed E-state index contributed by atoms with van der Waals surface area (Å²) in [5, 5.41) is 9.96. The van der Waals surface area contributed by atoms with Gasteiger partial charge < -0.3 is 10.6 Å². The lowest BCUT2D eigenvalue weighted by molar-refractivity contribution is -0.121. The quantitative estimate of drug-likeness (QED) is 0.440. The predicted octanol–water partition coefficient (Wildman–Crippen LogP) is 0.795. The number of amides is 3. The van der Waals surface area contributed by atoms with E-state index < -0.39 is 17.7 Å². The molecule has 10 nitrogen and oxygen atoms in total. The highest BCUT2D eigenvalue weighted by molar-refractivity contribution is 6.22. The molecule has 0 fully saturated rings. The van der Waals surface area contributed by atoms with Crippen LogP contribution in [0.4, 0.5) is 5.82 Å². The summed E-state index contributed by atoms with van der Waals surface area (Å²) >= 11 is 0. The second-order valence-corrected chi connectivity index (χ2v) is 6.63. The second-order valence-electron chi connectivity index (χ2n) is 6.63. The van der Waals surface area contributed by atoms with Crippen molar-refractivity contribution in [3.8, 4) is 5.82 Å². The molecular weight excluding hydrogens is 386 g/mol. The molecule has 1 aliphatic rings. The van der Waals surface area contributed by atoms with Crippen molar-refractivity contribution in [2.75, 3.05) is 25.0 Å². The van der Waals surface area contributed by atoms with Crippen molar-refractivity contribution in [2.45, 2.75) is 6.92 Å². The number of nitrogens with zero attached hydrogens (tertiary/aromatic N) is 5. The Bertz CT molecular complexity index is 1080. The van der Waals surface area contributed by atoms with Crippen LogP contribution in [-0.2, 0) is 4.79 Å². The van der Waals surface area contributed by atoms with Crippen LogP contribution in [0.3, 0.4) is 0 Å². The van der Waals surface area contributed by atoms with E-state index in [1.807, 2.05) is 0 Å². The Morgan fingerprint density at radius 1 is 1.03 bits per heavy atom. The van der Waals surface area contributed by atoms with Crippen LogP contribution in [0.25, 0.3) is 5.82 Å². The van der Waals surface area contributed by atoms with Gasteiger partial charge in [0.1, 0.15) is 18.2 Å².